The number of primary amides is 1. The lowest BCUT2D eigenvalue weighted by molar-refractivity contribution is 0.100. The van der Waals surface area contributed by atoms with Crippen LogP contribution in [0.3, 0.4) is 0 Å². The monoisotopic (exact) mass is 414 g/mol. The zero-order valence-electron chi connectivity index (χ0n) is 16.9. The highest BCUT2D eigenvalue weighted by molar-refractivity contribution is 5.93. The molecule has 31 heavy (non-hydrogen) atoms. The molecule has 8 heteroatoms. The molecule has 2 aromatic heterocycles. The van der Waals surface area contributed by atoms with Crippen LogP contribution in [-0.2, 0) is 11.2 Å². The van der Waals surface area contributed by atoms with Crippen LogP contribution in [0.25, 0.3) is 16.9 Å². The summed E-state index contributed by atoms with van der Waals surface area (Å²) in [6.45, 7) is 3.39. The van der Waals surface area contributed by atoms with E-state index >= 15 is 0 Å². The van der Waals surface area contributed by atoms with Crippen molar-refractivity contribution in [2.45, 2.75) is 6.42 Å². The Morgan fingerprint density at radius 3 is 2.48 bits per heavy atom. The van der Waals surface area contributed by atoms with E-state index in [1.807, 2.05) is 12.1 Å². The number of nitrogens with two attached hydrogens (primary N) is 1. The van der Waals surface area contributed by atoms with Crippen molar-refractivity contribution in [3.8, 4) is 11.3 Å². The van der Waals surface area contributed by atoms with Crippen LogP contribution in [0.1, 0.15) is 21.7 Å². The fourth-order valence-electron chi connectivity index (χ4n) is 3.76. The second-order valence-electron chi connectivity index (χ2n) is 7.46. The van der Waals surface area contributed by atoms with E-state index in [0.29, 0.717) is 23.3 Å². The molecule has 8 nitrogen and oxygen atoms in total. The predicted molar refractivity (Wildman–Crippen MR) is 117 cm³/mol. The molecule has 1 fully saturated rings. The Labute approximate surface area is 179 Å². The van der Waals surface area contributed by atoms with E-state index in [0.717, 1.165) is 43.3 Å². The lowest BCUT2D eigenvalue weighted by Gasteiger charge is -2.28. The number of carbonyl (C=O) groups is 1. The first-order chi connectivity index (χ1) is 15.2. The number of rotatable bonds is 5. The van der Waals surface area contributed by atoms with E-state index in [2.05, 4.69) is 39.2 Å². The number of fused-ring (bicyclic) bond motifs is 1. The van der Waals surface area contributed by atoms with E-state index in [-0.39, 0.29) is 0 Å². The molecule has 0 aliphatic carbocycles. The Kier molecular flexibility index (Phi) is 5.05. The fraction of sp³-hybridized carbons (Fsp3) is 0.217. The quantitative estimate of drug-likeness (QED) is 0.538. The van der Waals surface area contributed by atoms with Crippen LogP contribution in [-0.4, -0.2) is 51.8 Å². The molecule has 0 radical (unpaired) electrons. The van der Waals surface area contributed by atoms with Gasteiger partial charge >= 0.3 is 0 Å². The third-order valence-corrected chi connectivity index (χ3v) is 5.42. The molecule has 3 heterocycles. The van der Waals surface area contributed by atoms with Crippen molar-refractivity contribution in [3.05, 3.63) is 77.9 Å². The number of ether oxygens (including phenoxy) is 1. The maximum Gasteiger partial charge on any atom is 0.248 e. The molecule has 5 rings (SSSR count). The highest BCUT2D eigenvalue weighted by Gasteiger charge is 2.14. The Hall–Kier alpha value is -3.78. The van der Waals surface area contributed by atoms with Crippen molar-refractivity contribution < 1.29 is 9.53 Å². The third-order valence-electron chi connectivity index (χ3n) is 5.42. The highest BCUT2D eigenvalue weighted by Crippen LogP contribution is 2.23. The van der Waals surface area contributed by atoms with Gasteiger partial charge in [0.15, 0.2) is 11.5 Å². The summed E-state index contributed by atoms with van der Waals surface area (Å²) in [5, 5.41) is 4.62. The van der Waals surface area contributed by atoms with Gasteiger partial charge < -0.3 is 15.4 Å². The van der Waals surface area contributed by atoms with Crippen molar-refractivity contribution in [2.24, 2.45) is 5.73 Å². The fourth-order valence-corrected chi connectivity index (χ4v) is 3.76. The molecule has 0 unspecified atom stereocenters. The van der Waals surface area contributed by atoms with Gasteiger partial charge in [0, 0.05) is 48.7 Å². The number of carbonyl (C=O) groups excluding carboxylic acids is 1. The second-order valence-corrected chi connectivity index (χ2v) is 7.46. The van der Waals surface area contributed by atoms with Crippen LogP contribution >= 0.6 is 0 Å². The number of amides is 1. The van der Waals surface area contributed by atoms with Gasteiger partial charge in [-0.15, -0.1) is 0 Å². The van der Waals surface area contributed by atoms with Crippen molar-refractivity contribution in [1.82, 2.24) is 19.6 Å². The van der Waals surface area contributed by atoms with E-state index in [4.69, 9.17) is 15.5 Å². The summed E-state index contributed by atoms with van der Waals surface area (Å²) in [7, 11) is 0. The van der Waals surface area contributed by atoms with Gasteiger partial charge in [-0.1, -0.05) is 24.3 Å². The number of nitrogens with zero attached hydrogens (tertiary/aromatic N) is 5. The molecule has 2 aromatic carbocycles. The molecular weight excluding hydrogens is 392 g/mol. The summed E-state index contributed by atoms with van der Waals surface area (Å²) in [6.07, 6.45) is 4.11. The normalized spacial score (nSPS) is 14.1. The zero-order valence-corrected chi connectivity index (χ0v) is 16.9. The molecule has 0 atom stereocenters. The molecule has 4 aromatic rings. The van der Waals surface area contributed by atoms with Crippen LogP contribution in [0, 0.1) is 0 Å². The van der Waals surface area contributed by atoms with Crippen LogP contribution in [0.4, 0.5) is 5.69 Å². The van der Waals surface area contributed by atoms with Gasteiger partial charge in [-0.2, -0.15) is 5.10 Å². The maximum atomic E-state index is 11.3. The van der Waals surface area contributed by atoms with E-state index in [1.165, 1.54) is 5.69 Å². The van der Waals surface area contributed by atoms with Gasteiger partial charge in [0.25, 0.3) is 0 Å². The lowest BCUT2D eigenvalue weighted by Crippen LogP contribution is -2.36. The van der Waals surface area contributed by atoms with Gasteiger partial charge in [-0.05, 0) is 29.8 Å². The first-order valence-electron chi connectivity index (χ1n) is 10.2. The van der Waals surface area contributed by atoms with Crippen LogP contribution in [0.2, 0.25) is 0 Å². The predicted octanol–water partition coefficient (Wildman–Crippen LogP) is 2.32. The topological polar surface area (TPSA) is 98.6 Å². The van der Waals surface area contributed by atoms with Gasteiger partial charge in [0.2, 0.25) is 5.91 Å². The number of hydrogen-bond acceptors (Lipinski definition) is 6. The molecule has 1 aliphatic heterocycles. The molecule has 0 bridgehead atoms. The van der Waals surface area contributed by atoms with Gasteiger partial charge in [-0.25, -0.2) is 9.50 Å². The van der Waals surface area contributed by atoms with Crippen LogP contribution in [0.5, 0.6) is 0 Å². The standard InChI is InChI=1S/C23H22N6O2/c24-22(30)18-5-3-17(4-6-18)21-23-26-20(27-29(23)10-9-25-21)15-16-1-7-19(8-2-16)28-11-13-31-14-12-28/h1-10H,11-15H2,(H2,24,30). The summed E-state index contributed by atoms with van der Waals surface area (Å²) >= 11 is 0. The van der Waals surface area contributed by atoms with E-state index in [9.17, 15) is 4.79 Å². The Balaban J connectivity index is 1.39. The summed E-state index contributed by atoms with van der Waals surface area (Å²) in [6, 6.07) is 15.6. The molecular formula is C23H22N6O2. The molecule has 1 saturated heterocycles. The minimum absolute atomic E-state index is 0.456. The van der Waals surface area contributed by atoms with Crippen molar-refractivity contribution in [1.29, 1.82) is 0 Å². The summed E-state index contributed by atoms with van der Waals surface area (Å²) in [4.78, 5) is 22.9. The SMILES string of the molecule is NC(=O)c1ccc(-c2nccn3nc(Cc4ccc(N5CCOCC5)cc4)nc23)cc1. The summed E-state index contributed by atoms with van der Waals surface area (Å²) < 4.78 is 7.16. The third kappa shape index (κ3) is 3.97. The lowest BCUT2D eigenvalue weighted by atomic mass is 10.1. The van der Waals surface area contributed by atoms with E-state index < -0.39 is 5.91 Å². The summed E-state index contributed by atoms with van der Waals surface area (Å²) in [5.74, 6) is 0.268. The number of aromatic nitrogens is 4. The molecule has 0 saturated carbocycles. The van der Waals surface area contributed by atoms with Crippen molar-refractivity contribution in [2.75, 3.05) is 31.2 Å². The van der Waals surface area contributed by atoms with Crippen molar-refractivity contribution in [3.63, 3.8) is 0 Å². The number of benzene rings is 2. The molecule has 156 valence electrons. The molecule has 1 aliphatic rings. The highest BCUT2D eigenvalue weighted by atomic mass is 16.5. The zero-order chi connectivity index (χ0) is 21.2. The molecule has 2 N–H and O–H groups in total. The average Bonchev–Trinajstić information content (AvgIpc) is 3.23. The first kappa shape index (κ1) is 19.2. The second kappa shape index (κ2) is 8.16. The minimum Gasteiger partial charge on any atom is -0.378 e. The smallest absolute Gasteiger partial charge is 0.248 e. The first-order valence-corrected chi connectivity index (χ1v) is 10.2. The van der Waals surface area contributed by atoms with Crippen molar-refractivity contribution >= 4 is 17.2 Å². The minimum atomic E-state index is -0.456. The Morgan fingerprint density at radius 1 is 1.03 bits per heavy atom. The number of anilines is 1. The van der Waals surface area contributed by atoms with Crippen LogP contribution in [0.15, 0.2) is 60.9 Å². The van der Waals surface area contributed by atoms with Gasteiger partial charge in [0.05, 0.1) is 13.2 Å². The van der Waals surface area contributed by atoms with Gasteiger partial charge in [-0.3, -0.25) is 9.78 Å². The van der Waals surface area contributed by atoms with Gasteiger partial charge in [0.1, 0.15) is 5.69 Å². The summed E-state index contributed by atoms with van der Waals surface area (Å²) in [5.41, 5.74) is 10.4. The Morgan fingerprint density at radius 2 is 1.77 bits per heavy atom. The van der Waals surface area contributed by atoms with E-state index in [1.54, 1.807) is 29.0 Å². The maximum absolute atomic E-state index is 11.3. The Bertz CT molecular complexity index is 1210. The molecule has 0 spiro atoms. The van der Waals surface area contributed by atoms with Crippen LogP contribution < -0.4 is 10.6 Å². The number of morpholine rings is 1. The average molecular weight is 414 g/mol. The molecule has 1 amide bonds. The number of hydrogen-bond donors (Lipinski definition) is 1. The largest absolute Gasteiger partial charge is 0.378 e.